The molecule has 12 nitrogen and oxygen atoms in total. The number of halogens is 5. The number of ether oxygens (including phenoxy) is 2. The molecule has 4 rings (SSSR count). The van der Waals surface area contributed by atoms with Gasteiger partial charge in [-0.15, -0.1) is 0 Å². The Kier molecular flexibility index (Phi) is 8.97. The molecule has 2 N–H and O–H groups in total. The smallest absolute Gasteiger partial charge is 0.382 e. The molecular weight excluding hydrogens is 583 g/mol. The van der Waals surface area contributed by atoms with Gasteiger partial charge in [-0.2, -0.15) is 23.4 Å². The number of alkyl halides is 5. The van der Waals surface area contributed by atoms with E-state index in [1.807, 2.05) is 13.8 Å². The highest BCUT2D eigenvalue weighted by molar-refractivity contribution is 5.92. The monoisotopic (exact) mass is 616 g/mol. The molecule has 3 aromatic heterocycles. The number of hydrogen-bond donors (Lipinski definition) is 2. The van der Waals surface area contributed by atoms with Gasteiger partial charge in [0.1, 0.15) is 5.69 Å². The number of urea groups is 1. The van der Waals surface area contributed by atoms with Crippen molar-refractivity contribution in [3.05, 3.63) is 47.7 Å². The van der Waals surface area contributed by atoms with Gasteiger partial charge in [-0.3, -0.25) is 9.48 Å². The Labute approximate surface area is 243 Å². The Morgan fingerprint density at radius 2 is 1.93 bits per heavy atom. The van der Waals surface area contributed by atoms with Crippen LogP contribution in [0.4, 0.5) is 26.7 Å². The van der Waals surface area contributed by atoms with Gasteiger partial charge >= 0.3 is 12.2 Å². The number of aromatic nitrogens is 5. The molecule has 0 radical (unpaired) electrons. The number of hydrogen-bond acceptors (Lipinski definition) is 7. The van der Waals surface area contributed by atoms with Crippen molar-refractivity contribution < 1.29 is 41.0 Å². The van der Waals surface area contributed by atoms with E-state index in [-0.39, 0.29) is 29.7 Å². The van der Waals surface area contributed by atoms with Crippen molar-refractivity contribution in [2.45, 2.75) is 63.5 Å². The number of carbonyl (C=O) groups excluding carboxylic acids is 2. The number of nitrogens with one attached hydrogen (secondary N) is 2. The quantitative estimate of drug-likeness (QED) is 0.315. The van der Waals surface area contributed by atoms with Crippen molar-refractivity contribution in [2.75, 3.05) is 33.4 Å². The van der Waals surface area contributed by atoms with Crippen molar-refractivity contribution in [1.82, 2.24) is 39.9 Å². The number of rotatable bonds is 11. The van der Waals surface area contributed by atoms with Crippen molar-refractivity contribution in [1.29, 1.82) is 0 Å². The summed E-state index contributed by atoms with van der Waals surface area (Å²) in [6.45, 7) is 3.00. The van der Waals surface area contributed by atoms with E-state index in [1.54, 1.807) is 0 Å². The number of nitrogens with zero attached hydrogens (tertiary/aromatic N) is 6. The van der Waals surface area contributed by atoms with Gasteiger partial charge in [-0.05, 0) is 39.8 Å². The molecular formula is C26H33F5N8O4. The summed E-state index contributed by atoms with van der Waals surface area (Å²) in [5, 5.41) is 13.2. The van der Waals surface area contributed by atoms with E-state index in [0.29, 0.717) is 5.56 Å². The third kappa shape index (κ3) is 7.04. The van der Waals surface area contributed by atoms with Crippen LogP contribution in [0.25, 0.3) is 5.65 Å². The summed E-state index contributed by atoms with van der Waals surface area (Å²) in [6.07, 6.45) is -0.513. The van der Waals surface area contributed by atoms with Crippen molar-refractivity contribution in [3.8, 4) is 0 Å². The van der Waals surface area contributed by atoms with Crippen molar-refractivity contribution in [3.63, 3.8) is 0 Å². The standard InChI is InChI=1S/C26H33F5N8O4/c1-15(2)39-19(6-7-33-39)22(40)36-18(11-43-24(3,4)26(29,30)31)17-10-38-21(35-17)8-16(9-34-38)20(12-42-5)37-14-25(27,28)13-32-23(37)41/h6-10,15,18,20H,11-14H2,1-5H3,(H,32,41)(H,36,40). The van der Waals surface area contributed by atoms with Gasteiger partial charge in [0.05, 0.1) is 56.5 Å². The predicted molar refractivity (Wildman–Crippen MR) is 142 cm³/mol. The van der Waals surface area contributed by atoms with Gasteiger partial charge in [-0.1, -0.05) is 0 Å². The Morgan fingerprint density at radius 3 is 2.58 bits per heavy atom. The summed E-state index contributed by atoms with van der Waals surface area (Å²) in [5.74, 6) is -3.79. The van der Waals surface area contributed by atoms with Crippen LogP contribution in [-0.4, -0.2) is 92.3 Å². The second-order valence-corrected chi connectivity index (χ2v) is 11.0. The molecule has 0 saturated carbocycles. The topological polar surface area (TPSA) is 128 Å². The predicted octanol–water partition coefficient (Wildman–Crippen LogP) is 3.68. The molecule has 17 heteroatoms. The summed E-state index contributed by atoms with van der Waals surface area (Å²) in [5.41, 5.74) is -1.73. The van der Waals surface area contributed by atoms with E-state index in [0.717, 1.165) is 18.7 Å². The van der Waals surface area contributed by atoms with Crippen molar-refractivity contribution in [2.24, 2.45) is 0 Å². The number of fused-ring (bicyclic) bond motifs is 1. The Bertz CT molecular complexity index is 1450. The molecule has 236 valence electrons. The van der Waals surface area contributed by atoms with Crippen LogP contribution in [0, 0.1) is 0 Å². The van der Waals surface area contributed by atoms with E-state index in [4.69, 9.17) is 9.47 Å². The highest BCUT2D eigenvalue weighted by Crippen LogP contribution is 2.34. The summed E-state index contributed by atoms with van der Waals surface area (Å²) < 4.78 is 82.1. The molecule has 4 heterocycles. The van der Waals surface area contributed by atoms with Crippen LogP contribution in [-0.2, 0) is 9.47 Å². The minimum atomic E-state index is -4.69. The molecule has 43 heavy (non-hydrogen) atoms. The molecule has 0 aliphatic carbocycles. The molecule has 1 fully saturated rings. The number of methoxy groups -OCH3 is 1. The maximum atomic E-state index is 14.1. The van der Waals surface area contributed by atoms with Crippen LogP contribution in [0.2, 0.25) is 0 Å². The average Bonchev–Trinajstić information content (AvgIpc) is 3.58. The van der Waals surface area contributed by atoms with Crippen LogP contribution in [0.1, 0.15) is 67.6 Å². The first-order valence-corrected chi connectivity index (χ1v) is 13.3. The summed E-state index contributed by atoms with van der Waals surface area (Å²) >= 11 is 0. The summed E-state index contributed by atoms with van der Waals surface area (Å²) in [6, 6.07) is -0.0135. The third-order valence-corrected chi connectivity index (χ3v) is 6.95. The Balaban J connectivity index is 1.67. The zero-order valence-electron chi connectivity index (χ0n) is 24.2. The SMILES string of the molecule is COCC(c1cnn2cc(C(COC(C)(C)C(F)(F)F)NC(=O)c3ccnn3C(C)C)nc2c1)N1CC(F)(F)CNC1=O. The lowest BCUT2D eigenvalue weighted by molar-refractivity contribution is -0.265. The van der Waals surface area contributed by atoms with E-state index < -0.39 is 61.4 Å². The fourth-order valence-electron chi connectivity index (χ4n) is 4.43. The van der Waals surface area contributed by atoms with E-state index in [2.05, 4.69) is 25.8 Å². The summed E-state index contributed by atoms with van der Waals surface area (Å²) in [4.78, 5) is 31.1. The lowest BCUT2D eigenvalue weighted by Gasteiger charge is -2.38. The van der Waals surface area contributed by atoms with Crippen LogP contribution >= 0.6 is 0 Å². The second kappa shape index (κ2) is 12.0. The zero-order chi connectivity index (χ0) is 31.7. The highest BCUT2D eigenvalue weighted by atomic mass is 19.4. The molecule has 1 aliphatic rings. The third-order valence-electron chi connectivity index (χ3n) is 6.95. The van der Waals surface area contributed by atoms with Crippen LogP contribution in [0.5, 0.6) is 0 Å². The van der Waals surface area contributed by atoms with Crippen molar-refractivity contribution >= 4 is 17.6 Å². The molecule has 3 amide bonds. The number of amides is 3. The van der Waals surface area contributed by atoms with Gasteiger partial charge in [0.2, 0.25) is 0 Å². The second-order valence-electron chi connectivity index (χ2n) is 11.0. The largest absolute Gasteiger partial charge is 0.416 e. The fraction of sp³-hybridized carbons (Fsp3) is 0.577. The molecule has 0 spiro atoms. The van der Waals surface area contributed by atoms with Gasteiger partial charge in [0.15, 0.2) is 11.2 Å². The van der Waals surface area contributed by atoms with E-state index >= 15 is 0 Å². The molecule has 2 atom stereocenters. The highest BCUT2D eigenvalue weighted by Gasteiger charge is 2.49. The lowest BCUT2D eigenvalue weighted by Crippen LogP contribution is -2.58. The number of imidazole rings is 1. The Hall–Kier alpha value is -3.86. The number of carbonyl (C=O) groups is 2. The maximum absolute atomic E-state index is 14.1. The summed E-state index contributed by atoms with van der Waals surface area (Å²) in [7, 11) is 1.35. The maximum Gasteiger partial charge on any atom is 0.416 e. The first-order valence-electron chi connectivity index (χ1n) is 13.3. The van der Waals surface area contributed by atoms with Crippen LogP contribution in [0.3, 0.4) is 0 Å². The molecule has 1 saturated heterocycles. The van der Waals surface area contributed by atoms with Gasteiger partial charge in [0, 0.05) is 24.9 Å². The molecule has 1 aliphatic heterocycles. The Morgan fingerprint density at radius 1 is 1.21 bits per heavy atom. The van der Waals surface area contributed by atoms with Gasteiger partial charge < -0.3 is 25.0 Å². The first kappa shape index (κ1) is 32.1. The average molecular weight is 617 g/mol. The van der Waals surface area contributed by atoms with E-state index in [1.165, 1.54) is 47.0 Å². The van der Waals surface area contributed by atoms with Gasteiger partial charge in [0.25, 0.3) is 11.8 Å². The molecule has 3 aromatic rings. The molecule has 2 unspecified atom stereocenters. The molecule has 0 bridgehead atoms. The zero-order valence-corrected chi connectivity index (χ0v) is 24.2. The van der Waals surface area contributed by atoms with E-state index in [9.17, 15) is 31.5 Å². The normalized spacial score (nSPS) is 17.3. The first-order chi connectivity index (χ1) is 20.0. The molecule has 0 aromatic carbocycles. The minimum absolute atomic E-state index is 0.122. The minimum Gasteiger partial charge on any atom is -0.382 e. The van der Waals surface area contributed by atoms with Crippen LogP contribution in [0.15, 0.2) is 30.7 Å². The van der Waals surface area contributed by atoms with Crippen LogP contribution < -0.4 is 10.6 Å². The van der Waals surface area contributed by atoms with Gasteiger partial charge in [-0.25, -0.2) is 23.1 Å². The lowest BCUT2D eigenvalue weighted by atomic mass is 10.1. The fourth-order valence-corrected chi connectivity index (χ4v) is 4.43.